The molecule has 0 spiro atoms. The van der Waals surface area contributed by atoms with Crippen molar-refractivity contribution in [3.63, 3.8) is 0 Å². The van der Waals surface area contributed by atoms with E-state index >= 15 is 0 Å². The summed E-state index contributed by atoms with van der Waals surface area (Å²) in [5.41, 5.74) is 0.0928. The average Bonchev–Trinajstić information content (AvgIpc) is 3.22. The summed E-state index contributed by atoms with van der Waals surface area (Å²) < 4.78 is 47.9. The Morgan fingerprint density at radius 2 is 1.77 bits per heavy atom. The Kier molecular flexibility index (Phi) is 6.68. The number of nitrogens with one attached hydrogen (secondary N) is 1. The maximum Gasteiger partial charge on any atom is 0.416 e. The predicted molar refractivity (Wildman–Crippen MR) is 104 cm³/mol. The van der Waals surface area contributed by atoms with Crippen LogP contribution in [0, 0.1) is 0 Å². The van der Waals surface area contributed by atoms with E-state index in [0.717, 1.165) is 29.8 Å². The van der Waals surface area contributed by atoms with Gasteiger partial charge < -0.3 is 14.6 Å². The number of nitrogens with zero attached hydrogens (tertiary/aromatic N) is 2. The molecular weight excluding hydrogens is 415 g/mol. The SMILES string of the molecule is CC(OC(=O)CCc1nc(-c2ccccc2)no1)C(=O)Nc1ccc(C(F)(F)F)cc1. The van der Waals surface area contributed by atoms with Gasteiger partial charge in [0.05, 0.1) is 12.0 Å². The van der Waals surface area contributed by atoms with Crippen molar-refractivity contribution in [2.45, 2.75) is 32.0 Å². The number of ether oxygens (including phenoxy) is 1. The van der Waals surface area contributed by atoms with Crippen LogP contribution in [0.15, 0.2) is 59.1 Å². The van der Waals surface area contributed by atoms with Crippen molar-refractivity contribution >= 4 is 17.6 Å². The lowest BCUT2D eigenvalue weighted by Gasteiger charge is -2.14. The fourth-order valence-electron chi connectivity index (χ4n) is 2.57. The Morgan fingerprint density at radius 1 is 1.10 bits per heavy atom. The highest BCUT2D eigenvalue weighted by atomic mass is 19.4. The zero-order valence-electron chi connectivity index (χ0n) is 16.3. The number of carbonyl (C=O) groups is 2. The van der Waals surface area contributed by atoms with E-state index in [4.69, 9.17) is 9.26 Å². The smallest absolute Gasteiger partial charge is 0.416 e. The molecule has 0 aliphatic carbocycles. The molecule has 0 radical (unpaired) electrons. The topological polar surface area (TPSA) is 94.3 Å². The van der Waals surface area contributed by atoms with Crippen LogP contribution in [0.4, 0.5) is 18.9 Å². The molecule has 10 heteroatoms. The standard InChI is InChI=1S/C21H18F3N3O4/c1-13(20(29)25-16-9-7-15(8-10-16)21(22,23)24)30-18(28)12-11-17-26-19(27-31-17)14-5-3-2-4-6-14/h2-10,13H,11-12H2,1H3,(H,25,29). The highest BCUT2D eigenvalue weighted by molar-refractivity contribution is 5.95. The average molecular weight is 433 g/mol. The molecule has 7 nitrogen and oxygen atoms in total. The minimum Gasteiger partial charge on any atom is -0.453 e. The summed E-state index contributed by atoms with van der Waals surface area (Å²) in [5, 5.41) is 6.25. The number of esters is 1. The van der Waals surface area contributed by atoms with Gasteiger partial charge in [0.1, 0.15) is 0 Å². The Balaban J connectivity index is 1.47. The van der Waals surface area contributed by atoms with E-state index in [0.29, 0.717) is 5.82 Å². The lowest BCUT2D eigenvalue weighted by atomic mass is 10.2. The minimum atomic E-state index is -4.47. The molecule has 0 saturated carbocycles. The van der Waals surface area contributed by atoms with Gasteiger partial charge in [-0.05, 0) is 31.2 Å². The Labute approximate surface area is 175 Å². The lowest BCUT2D eigenvalue weighted by molar-refractivity contribution is -0.153. The zero-order chi connectivity index (χ0) is 22.4. The fourth-order valence-corrected chi connectivity index (χ4v) is 2.57. The number of hydrogen-bond donors (Lipinski definition) is 1. The molecule has 1 heterocycles. The van der Waals surface area contributed by atoms with Crippen molar-refractivity contribution in [1.29, 1.82) is 0 Å². The molecule has 0 aliphatic rings. The lowest BCUT2D eigenvalue weighted by Crippen LogP contribution is -2.30. The Hall–Kier alpha value is -3.69. The number of anilines is 1. The molecule has 1 aromatic heterocycles. The van der Waals surface area contributed by atoms with Crippen LogP contribution in [-0.4, -0.2) is 28.1 Å². The fraction of sp³-hybridized carbons (Fsp3) is 0.238. The van der Waals surface area contributed by atoms with Crippen LogP contribution in [0.25, 0.3) is 11.4 Å². The van der Waals surface area contributed by atoms with Crippen molar-refractivity contribution in [2.24, 2.45) is 0 Å². The third-order valence-corrected chi connectivity index (χ3v) is 4.20. The first-order valence-corrected chi connectivity index (χ1v) is 9.28. The monoisotopic (exact) mass is 433 g/mol. The van der Waals surface area contributed by atoms with Crippen molar-refractivity contribution in [1.82, 2.24) is 10.1 Å². The predicted octanol–water partition coefficient (Wildman–Crippen LogP) is 4.26. The van der Waals surface area contributed by atoms with E-state index in [1.807, 2.05) is 30.3 Å². The molecule has 1 atom stereocenters. The van der Waals surface area contributed by atoms with Crippen LogP contribution in [0.3, 0.4) is 0 Å². The van der Waals surface area contributed by atoms with E-state index in [-0.39, 0.29) is 24.4 Å². The maximum absolute atomic E-state index is 12.6. The summed E-state index contributed by atoms with van der Waals surface area (Å²) in [6.07, 6.45) is -5.57. The summed E-state index contributed by atoms with van der Waals surface area (Å²) in [6, 6.07) is 13.1. The van der Waals surface area contributed by atoms with Crippen molar-refractivity contribution in [2.75, 3.05) is 5.32 Å². The highest BCUT2D eigenvalue weighted by Crippen LogP contribution is 2.29. The number of aryl methyl sites for hydroxylation is 1. The van der Waals surface area contributed by atoms with Crippen molar-refractivity contribution in [3.05, 3.63) is 66.1 Å². The third kappa shape index (κ3) is 6.14. The molecule has 1 N–H and O–H groups in total. The molecule has 31 heavy (non-hydrogen) atoms. The largest absolute Gasteiger partial charge is 0.453 e. The number of amides is 1. The summed E-state index contributed by atoms with van der Waals surface area (Å²) in [6.45, 7) is 1.36. The first-order valence-electron chi connectivity index (χ1n) is 9.28. The van der Waals surface area contributed by atoms with Gasteiger partial charge in [-0.1, -0.05) is 35.5 Å². The molecular formula is C21H18F3N3O4. The van der Waals surface area contributed by atoms with Gasteiger partial charge >= 0.3 is 12.1 Å². The van der Waals surface area contributed by atoms with Crippen LogP contribution in [0.2, 0.25) is 0 Å². The summed E-state index contributed by atoms with van der Waals surface area (Å²) >= 11 is 0. The summed E-state index contributed by atoms with van der Waals surface area (Å²) in [4.78, 5) is 28.3. The van der Waals surface area contributed by atoms with Crippen LogP contribution in [-0.2, 0) is 26.9 Å². The molecule has 3 aromatic rings. The molecule has 3 rings (SSSR count). The molecule has 2 aromatic carbocycles. The van der Waals surface area contributed by atoms with Gasteiger partial charge in [-0.15, -0.1) is 0 Å². The third-order valence-electron chi connectivity index (χ3n) is 4.20. The van der Waals surface area contributed by atoms with Gasteiger partial charge in [0.15, 0.2) is 6.10 Å². The van der Waals surface area contributed by atoms with Gasteiger partial charge in [0.25, 0.3) is 5.91 Å². The van der Waals surface area contributed by atoms with Crippen LogP contribution < -0.4 is 5.32 Å². The second-order valence-electron chi connectivity index (χ2n) is 6.57. The number of aromatic nitrogens is 2. The first kappa shape index (κ1) is 22.0. The van der Waals surface area contributed by atoms with E-state index in [1.165, 1.54) is 6.92 Å². The van der Waals surface area contributed by atoms with Gasteiger partial charge in [-0.2, -0.15) is 18.2 Å². The molecule has 0 saturated heterocycles. The highest BCUT2D eigenvalue weighted by Gasteiger charge is 2.30. The molecule has 162 valence electrons. The number of alkyl halides is 3. The van der Waals surface area contributed by atoms with Gasteiger partial charge in [0, 0.05) is 17.7 Å². The first-order chi connectivity index (χ1) is 14.7. The Bertz CT molecular complexity index is 1030. The van der Waals surface area contributed by atoms with Gasteiger partial charge in [-0.3, -0.25) is 9.59 Å². The quantitative estimate of drug-likeness (QED) is 0.560. The number of benzene rings is 2. The Morgan fingerprint density at radius 3 is 2.42 bits per heavy atom. The number of rotatable bonds is 7. The van der Waals surface area contributed by atoms with Crippen LogP contribution in [0.5, 0.6) is 0 Å². The van der Waals surface area contributed by atoms with E-state index in [1.54, 1.807) is 0 Å². The second-order valence-corrected chi connectivity index (χ2v) is 6.57. The number of halogens is 3. The van der Waals surface area contributed by atoms with Crippen molar-refractivity contribution in [3.8, 4) is 11.4 Å². The second kappa shape index (κ2) is 9.41. The number of carbonyl (C=O) groups excluding carboxylic acids is 2. The van der Waals surface area contributed by atoms with Gasteiger partial charge in [-0.25, -0.2) is 0 Å². The molecule has 1 amide bonds. The van der Waals surface area contributed by atoms with E-state index < -0.39 is 29.7 Å². The normalized spacial score (nSPS) is 12.3. The van der Waals surface area contributed by atoms with E-state index in [9.17, 15) is 22.8 Å². The van der Waals surface area contributed by atoms with Crippen LogP contribution in [0.1, 0.15) is 24.8 Å². The van der Waals surface area contributed by atoms with Crippen molar-refractivity contribution < 1.29 is 32.0 Å². The van der Waals surface area contributed by atoms with Crippen LogP contribution >= 0.6 is 0 Å². The maximum atomic E-state index is 12.6. The summed E-state index contributed by atoms with van der Waals surface area (Å²) in [7, 11) is 0. The number of hydrogen-bond acceptors (Lipinski definition) is 6. The molecule has 0 bridgehead atoms. The van der Waals surface area contributed by atoms with E-state index in [2.05, 4.69) is 15.5 Å². The van der Waals surface area contributed by atoms with Gasteiger partial charge in [0.2, 0.25) is 11.7 Å². The minimum absolute atomic E-state index is 0.0890. The zero-order valence-corrected chi connectivity index (χ0v) is 16.3. The molecule has 0 aliphatic heterocycles. The summed E-state index contributed by atoms with van der Waals surface area (Å²) in [5.74, 6) is -0.683. The molecule has 0 fully saturated rings. The molecule has 1 unspecified atom stereocenters.